The number of hydrogen-bond acceptors (Lipinski definition) is 6. The zero-order chi connectivity index (χ0) is 24.9. The molecule has 0 radical (unpaired) electrons. The lowest BCUT2D eigenvalue weighted by molar-refractivity contribution is -0.139. The number of rotatable bonds is 5. The Hall–Kier alpha value is -4.24. The normalized spacial score (nSPS) is 21.8. The van der Waals surface area contributed by atoms with E-state index in [0.29, 0.717) is 23.5 Å². The lowest BCUT2D eigenvalue weighted by Gasteiger charge is -2.25. The van der Waals surface area contributed by atoms with Crippen LogP contribution in [0.4, 0.5) is 4.79 Å². The van der Waals surface area contributed by atoms with Gasteiger partial charge in [0.15, 0.2) is 0 Å². The quantitative estimate of drug-likeness (QED) is 0.406. The molecule has 1 fully saturated rings. The number of urea groups is 1. The van der Waals surface area contributed by atoms with Crippen LogP contribution < -0.4 is 5.32 Å². The van der Waals surface area contributed by atoms with Crippen molar-refractivity contribution in [3.8, 4) is 0 Å². The Bertz CT molecular complexity index is 1510. The van der Waals surface area contributed by atoms with Crippen molar-refractivity contribution in [1.82, 2.24) is 15.2 Å². The van der Waals surface area contributed by atoms with Crippen LogP contribution in [0.1, 0.15) is 35.6 Å². The molecular formula is C27H22N4O4S. The molecule has 2 aromatic carbocycles. The van der Waals surface area contributed by atoms with Crippen molar-refractivity contribution in [1.29, 1.82) is 0 Å². The molecule has 9 heteroatoms. The first-order valence-electron chi connectivity index (χ1n) is 11.5. The standard InChI is InChI=1S/C27H22N4O4S/c1-27(19-10-4-8-17-7-2-3-9-18(17)19)25(33)30(26(34)28-27)16-24(32)31-21(23-12-6-14-36-23)15-20(29-31)22-11-5-13-35-22/h2-14,21H,15-16H2,1H3,(H,28,34)/t21-,27+/m1/s1. The van der Waals surface area contributed by atoms with Crippen LogP contribution in [0.25, 0.3) is 10.8 Å². The maximum atomic E-state index is 13.6. The molecule has 0 unspecified atom stereocenters. The third-order valence-corrected chi connectivity index (χ3v) is 7.71. The minimum Gasteiger partial charge on any atom is -0.463 e. The van der Waals surface area contributed by atoms with Gasteiger partial charge in [-0.1, -0.05) is 48.5 Å². The maximum absolute atomic E-state index is 13.6. The van der Waals surface area contributed by atoms with Gasteiger partial charge >= 0.3 is 6.03 Å². The van der Waals surface area contributed by atoms with E-state index in [1.807, 2.05) is 60.0 Å². The highest BCUT2D eigenvalue weighted by atomic mass is 32.1. The number of imide groups is 1. The first-order valence-corrected chi connectivity index (χ1v) is 12.4. The van der Waals surface area contributed by atoms with Crippen molar-refractivity contribution < 1.29 is 18.8 Å². The number of furan rings is 1. The summed E-state index contributed by atoms with van der Waals surface area (Å²) in [4.78, 5) is 42.1. The van der Waals surface area contributed by atoms with E-state index in [9.17, 15) is 14.4 Å². The molecule has 0 bridgehead atoms. The highest BCUT2D eigenvalue weighted by molar-refractivity contribution is 7.10. The van der Waals surface area contributed by atoms with E-state index in [-0.39, 0.29) is 6.04 Å². The van der Waals surface area contributed by atoms with E-state index in [4.69, 9.17) is 4.42 Å². The van der Waals surface area contributed by atoms with Crippen LogP contribution in [0.3, 0.4) is 0 Å². The second-order valence-electron chi connectivity index (χ2n) is 8.97. The molecule has 2 aromatic heterocycles. The Morgan fingerprint density at radius 3 is 2.72 bits per heavy atom. The highest BCUT2D eigenvalue weighted by Crippen LogP contribution is 2.37. The van der Waals surface area contributed by atoms with Gasteiger partial charge < -0.3 is 9.73 Å². The van der Waals surface area contributed by atoms with E-state index >= 15 is 0 Å². The highest BCUT2D eigenvalue weighted by Gasteiger charge is 2.51. The summed E-state index contributed by atoms with van der Waals surface area (Å²) in [6.07, 6.45) is 2.04. The minimum absolute atomic E-state index is 0.331. The number of nitrogens with zero attached hydrogens (tertiary/aromatic N) is 3. The molecule has 8 nitrogen and oxygen atoms in total. The number of fused-ring (bicyclic) bond motifs is 1. The molecule has 6 rings (SSSR count). The largest absolute Gasteiger partial charge is 0.463 e. The number of benzene rings is 2. The number of thiophene rings is 1. The van der Waals surface area contributed by atoms with Crippen LogP contribution in [-0.2, 0) is 15.1 Å². The average Bonchev–Trinajstić information content (AvgIpc) is 3.69. The van der Waals surface area contributed by atoms with Crippen LogP contribution in [0, 0.1) is 0 Å². The number of hydrogen-bond donors (Lipinski definition) is 1. The summed E-state index contributed by atoms with van der Waals surface area (Å²) in [6.45, 7) is 1.26. The van der Waals surface area contributed by atoms with Crippen LogP contribution in [0.15, 0.2) is 87.9 Å². The van der Waals surface area contributed by atoms with E-state index in [1.54, 1.807) is 25.3 Å². The van der Waals surface area contributed by atoms with E-state index in [2.05, 4.69) is 10.4 Å². The van der Waals surface area contributed by atoms with Gasteiger partial charge in [-0.2, -0.15) is 5.10 Å². The summed E-state index contributed by atoms with van der Waals surface area (Å²) in [5, 5.41) is 12.5. The Morgan fingerprint density at radius 2 is 1.94 bits per heavy atom. The zero-order valence-corrected chi connectivity index (χ0v) is 20.2. The molecule has 4 aromatic rings. The van der Waals surface area contributed by atoms with Crippen molar-refractivity contribution in [3.05, 3.63) is 94.6 Å². The fraction of sp³-hybridized carbons (Fsp3) is 0.185. The molecule has 180 valence electrons. The second-order valence-corrected chi connectivity index (χ2v) is 9.95. The second kappa shape index (κ2) is 8.46. The molecule has 36 heavy (non-hydrogen) atoms. The SMILES string of the molecule is C[C@@]1(c2cccc3ccccc23)NC(=O)N(CC(=O)N2N=C(c3ccco3)C[C@@H]2c2cccs2)C1=O. The molecule has 2 atom stereocenters. The zero-order valence-electron chi connectivity index (χ0n) is 19.4. The fourth-order valence-electron chi connectivity index (χ4n) is 4.93. The summed E-state index contributed by atoms with van der Waals surface area (Å²) < 4.78 is 5.50. The van der Waals surface area contributed by atoms with Crippen molar-refractivity contribution in [2.75, 3.05) is 6.54 Å². The average molecular weight is 499 g/mol. The molecule has 2 aliphatic heterocycles. The number of nitrogens with one attached hydrogen (secondary N) is 1. The number of amides is 4. The van der Waals surface area contributed by atoms with Gasteiger partial charge in [0.05, 0.1) is 12.3 Å². The van der Waals surface area contributed by atoms with Crippen LogP contribution in [0.2, 0.25) is 0 Å². The van der Waals surface area contributed by atoms with Crippen LogP contribution in [-0.4, -0.2) is 40.0 Å². The van der Waals surface area contributed by atoms with Gasteiger partial charge in [0, 0.05) is 11.3 Å². The van der Waals surface area contributed by atoms with Crippen molar-refractivity contribution >= 4 is 45.7 Å². The Labute approximate surface area is 210 Å². The van der Waals surface area contributed by atoms with Gasteiger partial charge in [0.25, 0.3) is 11.8 Å². The maximum Gasteiger partial charge on any atom is 0.325 e. The van der Waals surface area contributed by atoms with E-state index < -0.39 is 29.9 Å². The molecule has 0 spiro atoms. The fourth-order valence-corrected chi connectivity index (χ4v) is 5.74. The topological polar surface area (TPSA) is 95.2 Å². The summed E-state index contributed by atoms with van der Waals surface area (Å²) >= 11 is 1.52. The molecule has 1 saturated heterocycles. The lowest BCUT2D eigenvalue weighted by atomic mass is 9.88. The third kappa shape index (κ3) is 3.51. The van der Waals surface area contributed by atoms with Gasteiger partial charge in [-0.05, 0) is 46.8 Å². The third-order valence-electron chi connectivity index (χ3n) is 6.74. The van der Waals surface area contributed by atoms with Gasteiger partial charge in [-0.25, -0.2) is 9.80 Å². The monoisotopic (exact) mass is 498 g/mol. The predicted octanol–water partition coefficient (Wildman–Crippen LogP) is 4.64. The predicted molar refractivity (Wildman–Crippen MR) is 135 cm³/mol. The molecule has 4 heterocycles. The molecule has 1 N–H and O–H groups in total. The van der Waals surface area contributed by atoms with Crippen molar-refractivity contribution in [2.45, 2.75) is 24.9 Å². The first-order chi connectivity index (χ1) is 17.5. The number of hydrazone groups is 1. The van der Waals surface area contributed by atoms with E-state index in [0.717, 1.165) is 20.5 Å². The van der Waals surface area contributed by atoms with E-state index in [1.165, 1.54) is 16.3 Å². The lowest BCUT2D eigenvalue weighted by Crippen LogP contribution is -2.43. The molecule has 0 saturated carbocycles. The Kier molecular flexibility index (Phi) is 5.22. The molecular weight excluding hydrogens is 476 g/mol. The van der Waals surface area contributed by atoms with Crippen LogP contribution in [0.5, 0.6) is 0 Å². The van der Waals surface area contributed by atoms with Gasteiger partial charge in [-0.3, -0.25) is 14.5 Å². The first kappa shape index (κ1) is 22.2. The summed E-state index contributed by atoms with van der Waals surface area (Å²) in [5.41, 5.74) is 0.0353. The smallest absolute Gasteiger partial charge is 0.325 e. The summed E-state index contributed by atoms with van der Waals surface area (Å²) in [7, 11) is 0. The van der Waals surface area contributed by atoms with Crippen molar-refractivity contribution in [3.63, 3.8) is 0 Å². The van der Waals surface area contributed by atoms with Crippen molar-refractivity contribution in [2.24, 2.45) is 5.10 Å². The van der Waals surface area contributed by atoms with Crippen LogP contribution >= 0.6 is 11.3 Å². The molecule has 4 amide bonds. The Morgan fingerprint density at radius 1 is 1.11 bits per heavy atom. The Balaban J connectivity index is 1.30. The van der Waals surface area contributed by atoms with Gasteiger partial charge in [0.2, 0.25) is 0 Å². The molecule has 0 aliphatic carbocycles. The molecule has 2 aliphatic rings. The number of carbonyl (C=O) groups excluding carboxylic acids is 3. The summed E-state index contributed by atoms with van der Waals surface area (Å²) in [5.74, 6) is -0.328. The minimum atomic E-state index is -1.29. The van der Waals surface area contributed by atoms with Gasteiger partial charge in [-0.15, -0.1) is 11.3 Å². The number of carbonyl (C=O) groups is 3. The summed E-state index contributed by atoms with van der Waals surface area (Å²) in [6, 6.07) is 19.8. The van der Waals surface area contributed by atoms with Gasteiger partial charge in [0.1, 0.15) is 23.6 Å².